The topological polar surface area (TPSA) is 38.1 Å². The summed E-state index contributed by atoms with van der Waals surface area (Å²) in [6.07, 6.45) is 10.4. The van der Waals surface area contributed by atoms with Crippen LogP contribution in [0.2, 0.25) is 0 Å². The maximum absolute atomic E-state index is 10.2. The number of aliphatic hydroxyl groups is 1. The molecule has 96 valence electrons. The molecule has 1 aliphatic carbocycles. The summed E-state index contributed by atoms with van der Waals surface area (Å²) in [4.78, 5) is 4.30. The highest BCUT2D eigenvalue weighted by Gasteiger charge is 2.25. The predicted octanol–water partition coefficient (Wildman–Crippen LogP) is 2.54. The van der Waals surface area contributed by atoms with Crippen molar-refractivity contribution < 1.29 is 5.11 Å². The summed E-state index contributed by atoms with van der Waals surface area (Å²) in [5, 5.41) is 10.2. The van der Waals surface area contributed by atoms with Crippen molar-refractivity contribution in [2.45, 2.75) is 51.6 Å². The van der Waals surface area contributed by atoms with E-state index < -0.39 is 0 Å². The molecule has 3 heteroatoms. The number of hydrogen-bond donors (Lipinski definition) is 1. The Hall–Kier alpha value is -0.830. The maximum Gasteiger partial charge on any atom is 0.108 e. The first-order chi connectivity index (χ1) is 8.16. The van der Waals surface area contributed by atoms with Gasteiger partial charge in [0, 0.05) is 25.9 Å². The van der Waals surface area contributed by atoms with E-state index in [0.29, 0.717) is 5.92 Å². The van der Waals surface area contributed by atoms with Crippen LogP contribution in [-0.2, 0) is 13.5 Å². The van der Waals surface area contributed by atoms with Crippen LogP contribution < -0.4 is 0 Å². The van der Waals surface area contributed by atoms with Crippen molar-refractivity contribution in [1.29, 1.82) is 0 Å². The van der Waals surface area contributed by atoms with Gasteiger partial charge in [-0.1, -0.05) is 19.8 Å². The summed E-state index contributed by atoms with van der Waals surface area (Å²) in [5.41, 5.74) is 0. The summed E-state index contributed by atoms with van der Waals surface area (Å²) in [6, 6.07) is 0. The highest BCUT2D eigenvalue weighted by Crippen LogP contribution is 2.31. The Labute approximate surface area is 104 Å². The van der Waals surface area contributed by atoms with E-state index in [4.69, 9.17) is 0 Å². The lowest BCUT2D eigenvalue weighted by Crippen LogP contribution is -2.26. The van der Waals surface area contributed by atoms with Crippen molar-refractivity contribution in [1.82, 2.24) is 9.55 Å². The molecule has 1 N–H and O–H groups in total. The van der Waals surface area contributed by atoms with Crippen molar-refractivity contribution in [2.75, 3.05) is 0 Å². The van der Waals surface area contributed by atoms with Gasteiger partial charge in [-0.15, -0.1) is 0 Å². The number of hydrogen-bond acceptors (Lipinski definition) is 2. The fourth-order valence-electron chi connectivity index (χ4n) is 2.98. The molecule has 1 fully saturated rings. The van der Waals surface area contributed by atoms with Crippen molar-refractivity contribution in [3.8, 4) is 0 Å². The SMILES string of the molecule is CC1CCCC(C(O)CCc2nccn2C)C1. The molecule has 0 radical (unpaired) electrons. The minimum Gasteiger partial charge on any atom is -0.393 e. The highest BCUT2D eigenvalue weighted by molar-refractivity contribution is 4.92. The number of aromatic nitrogens is 2. The number of rotatable bonds is 4. The van der Waals surface area contributed by atoms with E-state index in [1.165, 1.54) is 25.7 Å². The fraction of sp³-hybridized carbons (Fsp3) is 0.786. The number of aliphatic hydroxyl groups excluding tert-OH is 1. The van der Waals surface area contributed by atoms with E-state index in [0.717, 1.165) is 24.6 Å². The van der Waals surface area contributed by atoms with Gasteiger partial charge >= 0.3 is 0 Å². The zero-order valence-electron chi connectivity index (χ0n) is 11.0. The van der Waals surface area contributed by atoms with E-state index >= 15 is 0 Å². The molecule has 0 spiro atoms. The van der Waals surface area contributed by atoms with Gasteiger partial charge in [0.1, 0.15) is 5.82 Å². The Morgan fingerprint density at radius 1 is 1.53 bits per heavy atom. The number of imidazole rings is 1. The third-order valence-corrected chi connectivity index (χ3v) is 4.11. The van der Waals surface area contributed by atoms with Gasteiger partial charge in [0.25, 0.3) is 0 Å². The minimum absolute atomic E-state index is 0.144. The molecule has 0 aliphatic heterocycles. The molecule has 1 heterocycles. The Bertz CT molecular complexity index is 348. The van der Waals surface area contributed by atoms with E-state index in [1.807, 2.05) is 24.0 Å². The molecule has 1 aromatic heterocycles. The van der Waals surface area contributed by atoms with E-state index in [2.05, 4.69) is 11.9 Å². The predicted molar refractivity (Wildman–Crippen MR) is 68.7 cm³/mol. The lowest BCUT2D eigenvalue weighted by molar-refractivity contribution is 0.0646. The zero-order valence-corrected chi connectivity index (χ0v) is 11.0. The van der Waals surface area contributed by atoms with Crippen LogP contribution in [0.25, 0.3) is 0 Å². The van der Waals surface area contributed by atoms with Crippen LogP contribution in [0.1, 0.15) is 44.9 Å². The third kappa shape index (κ3) is 3.32. The Morgan fingerprint density at radius 3 is 3.00 bits per heavy atom. The molecule has 0 amide bonds. The van der Waals surface area contributed by atoms with Crippen LogP contribution in [-0.4, -0.2) is 20.8 Å². The third-order valence-electron chi connectivity index (χ3n) is 4.11. The molecule has 0 aromatic carbocycles. The first-order valence-corrected chi connectivity index (χ1v) is 6.81. The molecule has 17 heavy (non-hydrogen) atoms. The lowest BCUT2D eigenvalue weighted by Gasteiger charge is -2.30. The second-order valence-electron chi connectivity index (χ2n) is 5.59. The Kier molecular flexibility index (Phi) is 4.21. The summed E-state index contributed by atoms with van der Waals surface area (Å²) in [7, 11) is 2.01. The first kappa shape index (κ1) is 12.6. The smallest absolute Gasteiger partial charge is 0.108 e. The Balaban J connectivity index is 1.80. The van der Waals surface area contributed by atoms with Crippen LogP contribution in [0.3, 0.4) is 0 Å². The first-order valence-electron chi connectivity index (χ1n) is 6.81. The van der Waals surface area contributed by atoms with Crippen LogP contribution in [0.5, 0.6) is 0 Å². The average Bonchev–Trinajstić information content (AvgIpc) is 2.72. The van der Waals surface area contributed by atoms with E-state index in [9.17, 15) is 5.11 Å². The lowest BCUT2D eigenvalue weighted by atomic mass is 9.78. The van der Waals surface area contributed by atoms with Crippen LogP contribution in [0.15, 0.2) is 12.4 Å². The second-order valence-corrected chi connectivity index (χ2v) is 5.59. The summed E-state index contributed by atoms with van der Waals surface area (Å²) in [6.45, 7) is 2.30. The van der Waals surface area contributed by atoms with Gasteiger partial charge in [0.15, 0.2) is 0 Å². The van der Waals surface area contributed by atoms with Gasteiger partial charge in [0.05, 0.1) is 6.10 Å². The molecule has 2 rings (SSSR count). The van der Waals surface area contributed by atoms with Crippen molar-refractivity contribution in [2.24, 2.45) is 18.9 Å². The standard InChI is InChI=1S/C14H24N2O/c1-11-4-3-5-12(10-11)13(17)6-7-14-15-8-9-16(14)2/h8-9,11-13,17H,3-7,10H2,1-2H3. The number of nitrogens with zero attached hydrogens (tertiary/aromatic N) is 2. The van der Waals surface area contributed by atoms with Crippen molar-refractivity contribution in [3.05, 3.63) is 18.2 Å². The Morgan fingerprint density at radius 2 is 2.35 bits per heavy atom. The monoisotopic (exact) mass is 236 g/mol. The normalized spacial score (nSPS) is 27.0. The van der Waals surface area contributed by atoms with Gasteiger partial charge in [-0.25, -0.2) is 4.98 Å². The molecule has 1 saturated carbocycles. The number of aryl methyl sites for hydroxylation is 2. The minimum atomic E-state index is -0.144. The van der Waals surface area contributed by atoms with Gasteiger partial charge in [-0.3, -0.25) is 0 Å². The van der Waals surface area contributed by atoms with Gasteiger partial charge < -0.3 is 9.67 Å². The fourth-order valence-corrected chi connectivity index (χ4v) is 2.98. The van der Waals surface area contributed by atoms with Crippen molar-refractivity contribution in [3.63, 3.8) is 0 Å². The maximum atomic E-state index is 10.2. The second kappa shape index (κ2) is 5.67. The van der Waals surface area contributed by atoms with Crippen LogP contribution in [0.4, 0.5) is 0 Å². The van der Waals surface area contributed by atoms with Gasteiger partial charge in [-0.05, 0) is 31.1 Å². The molecule has 1 aliphatic rings. The van der Waals surface area contributed by atoms with Crippen LogP contribution in [0, 0.1) is 11.8 Å². The van der Waals surface area contributed by atoms with Gasteiger partial charge in [-0.2, -0.15) is 0 Å². The summed E-state index contributed by atoms with van der Waals surface area (Å²) < 4.78 is 2.04. The molecule has 3 atom stereocenters. The molecule has 3 unspecified atom stereocenters. The molecular weight excluding hydrogens is 212 g/mol. The quantitative estimate of drug-likeness (QED) is 0.872. The largest absolute Gasteiger partial charge is 0.393 e. The summed E-state index contributed by atoms with van der Waals surface area (Å²) >= 11 is 0. The zero-order chi connectivity index (χ0) is 12.3. The molecular formula is C14H24N2O. The average molecular weight is 236 g/mol. The molecule has 3 nitrogen and oxygen atoms in total. The van der Waals surface area contributed by atoms with Gasteiger partial charge in [0.2, 0.25) is 0 Å². The van der Waals surface area contributed by atoms with Crippen molar-refractivity contribution >= 4 is 0 Å². The van der Waals surface area contributed by atoms with E-state index in [-0.39, 0.29) is 6.10 Å². The molecule has 0 bridgehead atoms. The highest BCUT2D eigenvalue weighted by atomic mass is 16.3. The van der Waals surface area contributed by atoms with Crippen LogP contribution >= 0.6 is 0 Å². The molecule has 0 saturated heterocycles. The summed E-state index contributed by atoms with van der Waals surface area (Å²) in [5.74, 6) is 2.38. The van der Waals surface area contributed by atoms with E-state index in [1.54, 1.807) is 0 Å². The molecule has 1 aromatic rings.